The summed E-state index contributed by atoms with van der Waals surface area (Å²) < 4.78 is 0. The first-order valence-electron chi connectivity index (χ1n) is 7.60. The van der Waals surface area contributed by atoms with Gasteiger partial charge in [0, 0.05) is 37.1 Å². The summed E-state index contributed by atoms with van der Waals surface area (Å²) in [5.74, 6) is 0.693. The molecule has 0 unspecified atom stereocenters. The molecule has 0 fully saturated rings. The number of aryl methyl sites for hydroxylation is 1. The Balaban J connectivity index is 1.72. The van der Waals surface area contributed by atoms with Crippen LogP contribution in [0.15, 0.2) is 42.7 Å². The van der Waals surface area contributed by atoms with E-state index < -0.39 is 0 Å². The van der Waals surface area contributed by atoms with E-state index in [4.69, 9.17) is 0 Å². The number of aromatic nitrogens is 2. The van der Waals surface area contributed by atoms with Crippen molar-refractivity contribution < 1.29 is 0 Å². The Morgan fingerprint density at radius 3 is 2.43 bits per heavy atom. The van der Waals surface area contributed by atoms with Crippen LogP contribution < -0.4 is 10.6 Å². The second-order valence-corrected chi connectivity index (χ2v) is 5.25. The minimum Gasteiger partial charge on any atom is -0.355 e. The quantitative estimate of drug-likeness (QED) is 0.782. The van der Waals surface area contributed by atoms with Gasteiger partial charge in [0.2, 0.25) is 5.95 Å². The molecule has 0 aliphatic carbocycles. The molecular formula is C17H24N4. The number of rotatable bonds is 8. The molecule has 2 aromatic rings. The normalized spacial score (nSPS) is 12.1. The van der Waals surface area contributed by atoms with E-state index in [0.717, 1.165) is 31.5 Å². The van der Waals surface area contributed by atoms with Gasteiger partial charge in [0.15, 0.2) is 0 Å². The van der Waals surface area contributed by atoms with Crippen molar-refractivity contribution in [2.75, 3.05) is 11.9 Å². The molecule has 0 aliphatic rings. The number of anilines is 1. The van der Waals surface area contributed by atoms with E-state index in [1.165, 1.54) is 5.56 Å². The van der Waals surface area contributed by atoms with Crippen LogP contribution in [-0.4, -0.2) is 22.6 Å². The van der Waals surface area contributed by atoms with Gasteiger partial charge >= 0.3 is 0 Å². The van der Waals surface area contributed by atoms with Crippen molar-refractivity contribution >= 4 is 5.95 Å². The Morgan fingerprint density at radius 2 is 1.76 bits per heavy atom. The monoisotopic (exact) mass is 284 g/mol. The largest absolute Gasteiger partial charge is 0.355 e. The first kappa shape index (κ1) is 15.4. The van der Waals surface area contributed by atoms with Crippen molar-refractivity contribution in [2.24, 2.45) is 0 Å². The Bertz CT molecular complexity index is 510. The van der Waals surface area contributed by atoms with E-state index in [1.54, 1.807) is 0 Å². The summed E-state index contributed by atoms with van der Waals surface area (Å²) in [5.41, 5.74) is 2.51. The highest BCUT2D eigenvalue weighted by Crippen LogP contribution is 2.06. The number of nitrogens with one attached hydrogen (secondary N) is 2. The van der Waals surface area contributed by atoms with Crippen LogP contribution in [0, 0.1) is 0 Å². The molecule has 4 heteroatoms. The van der Waals surface area contributed by atoms with Crippen molar-refractivity contribution in [3.05, 3.63) is 53.9 Å². The summed E-state index contributed by atoms with van der Waals surface area (Å²) in [7, 11) is 0. The lowest BCUT2D eigenvalue weighted by Crippen LogP contribution is -2.26. The van der Waals surface area contributed by atoms with Gasteiger partial charge in [0.25, 0.3) is 0 Å². The first-order valence-corrected chi connectivity index (χ1v) is 7.60. The minimum atomic E-state index is 0.471. The fourth-order valence-corrected chi connectivity index (χ4v) is 2.12. The highest BCUT2D eigenvalue weighted by molar-refractivity contribution is 5.24. The summed E-state index contributed by atoms with van der Waals surface area (Å²) >= 11 is 0. The maximum absolute atomic E-state index is 4.28. The van der Waals surface area contributed by atoms with Gasteiger partial charge in [0.05, 0.1) is 0 Å². The number of benzene rings is 1. The number of nitrogens with zero attached hydrogens (tertiary/aromatic N) is 2. The van der Waals surface area contributed by atoms with Crippen LogP contribution in [0.1, 0.15) is 31.4 Å². The van der Waals surface area contributed by atoms with Gasteiger partial charge < -0.3 is 10.6 Å². The zero-order valence-corrected chi connectivity index (χ0v) is 12.8. The Kier molecular flexibility index (Phi) is 6.16. The summed E-state index contributed by atoms with van der Waals surface area (Å²) in [5, 5.41) is 6.62. The van der Waals surface area contributed by atoms with Crippen LogP contribution >= 0.6 is 0 Å². The first-order chi connectivity index (χ1) is 10.3. The van der Waals surface area contributed by atoms with Crippen LogP contribution in [0.2, 0.25) is 0 Å². The summed E-state index contributed by atoms with van der Waals surface area (Å²) in [6.07, 6.45) is 5.98. The van der Waals surface area contributed by atoms with Crippen LogP contribution in [-0.2, 0) is 13.0 Å². The molecule has 1 aromatic heterocycles. The lowest BCUT2D eigenvalue weighted by Gasteiger charge is -2.13. The lowest BCUT2D eigenvalue weighted by molar-refractivity contribution is 0.513. The van der Waals surface area contributed by atoms with E-state index in [2.05, 4.69) is 57.9 Å². The third kappa shape index (κ3) is 5.52. The third-order valence-corrected chi connectivity index (χ3v) is 3.40. The van der Waals surface area contributed by atoms with Gasteiger partial charge in [0.1, 0.15) is 0 Å². The Labute approximate surface area is 127 Å². The molecule has 21 heavy (non-hydrogen) atoms. The van der Waals surface area contributed by atoms with Crippen LogP contribution in [0.4, 0.5) is 5.95 Å². The molecule has 0 aliphatic heterocycles. The summed E-state index contributed by atoms with van der Waals surface area (Å²) in [6, 6.07) is 11.1. The molecule has 1 atom stereocenters. The maximum Gasteiger partial charge on any atom is 0.222 e. The van der Waals surface area contributed by atoms with E-state index in [0.29, 0.717) is 12.0 Å². The molecule has 0 amide bonds. The fourth-order valence-electron chi connectivity index (χ4n) is 2.12. The number of hydrogen-bond acceptors (Lipinski definition) is 4. The average Bonchev–Trinajstić information content (AvgIpc) is 2.53. The Hall–Kier alpha value is -1.94. The van der Waals surface area contributed by atoms with E-state index in [-0.39, 0.29) is 0 Å². The third-order valence-electron chi connectivity index (χ3n) is 3.40. The lowest BCUT2D eigenvalue weighted by atomic mass is 10.1. The topological polar surface area (TPSA) is 49.8 Å². The minimum absolute atomic E-state index is 0.471. The zero-order chi connectivity index (χ0) is 14.9. The molecule has 0 bridgehead atoms. The van der Waals surface area contributed by atoms with Crippen molar-refractivity contribution in [2.45, 2.75) is 39.3 Å². The zero-order valence-electron chi connectivity index (χ0n) is 12.8. The van der Waals surface area contributed by atoms with E-state index in [9.17, 15) is 0 Å². The van der Waals surface area contributed by atoms with Crippen molar-refractivity contribution in [1.29, 1.82) is 0 Å². The Morgan fingerprint density at radius 1 is 1.05 bits per heavy atom. The molecular weight excluding hydrogens is 260 g/mol. The fraction of sp³-hybridized carbons (Fsp3) is 0.412. The predicted molar refractivity (Wildman–Crippen MR) is 87.3 cm³/mol. The van der Waals surface area contributed by atoms with Gasteiger partial charge in [-0.15, -0.1) is 0 Å². The van der Waals surface area contributed by atoms with E-state index in [1.807, 2.05) is 19.3 Å². The van der Waals surface area contributed by atoms with Gasteiger partial charge in [-0.25, -0.2) is 9.97 Å². The summed E-state index contributed by atoms with van der Waals surface area (Å²) in [6.45, 7) is 5.90. The molecule has 0 spiro atoms. The van der Waals surface area contributed by atoms with E-state index >= 15 is 0 Å². The van der Waals surface area contributed by atoms with Crippen LogP contribution in [0.5, 0.6) is 0 Å². The molecule has 1 aromatic carbocycles. The van der Waals surface area contributed by atoms with Crippen molar-refractivity contribution in [1.82, 2.24) is 15.3 Å². The molecule has 1 heterocycles. The average molecular weight is 284 g/mol. The molecule has 4 nitrogen and oxygen atoms in total. The van der Waals surface area contributed by atoms with Crippen LogP contribution in [0.25, 0.3) is 0 Å². The molecule has 112 valence electrons. The second kappa shape index (κ2) is 8.37. The molecule has 0 radical (unpaired) electrons. The van der Waals surface area contributed by atoms with Gasteiger partial charge in [-0.3, -0.25) is 0 Å². The van der Waals surface area contributed by atoms with Crippen LogP contribution in [0.3, 0.4) is 0 Å². The van der Waals surface area contributed by atoms with Crippen molar-refractivity contribution in [3.63, 3.8) is 0 Å². The summed E-state index contributed by atoms with van der Waals surface area (Å²) in [4.78, 5) is 8.56. The van der Waals surface area contributed by atoms with Gasteiger partial charge in [-0.1, -0.05) is 30.3 Å². The maximum atomic E-state index is 4.28. The second-order valence-electron chi connectivity index (χ2n) is 5.25. The van der Waals surface area contributed by atoms with Gasteiger partial charge in [-0.2, -0.15) is 0 Å². The smallest absolute Gasteiger partial charge is 0.222 e. The molecule has 0 saturated heterocycles. The molecule has 2 rings (SSSR count). The molecule has 2 N–H and O–H groups in total. The number of hydrogen-bond donors (Lipinski definition) is 2. The predicted octanol–water partition coefficient (Wildman–Crippen LogP) is 3.02. The van der Waals surface area contributed by atoms with Crippen molar-refractivity contribution in [3.8, 4) is 0 Å². The highest BCUT2D eigenvalue weighted by atomic mass is 15.1. The highest BCUT2D eigenvalue weighted by Gasteiger charge is 2.03. The SMILES string of the molecule is CCNc1ncc(CN[C@H](C)CCc2ccccc2)cn1. The van der Waals surface area contributed by atoms with Gasteiger partial charge in [-0.05, 0) is 32.3 Å². The standard InChI is InChI=1S/C17H24N4/c1-3-18-17-20-12-16(13-21-17)11-19-14(2)9-10-15-7-5-4-6-8-15/h4-8,12-14,19H,3,9-11H2,1-2H3,(H,18,20,21)/t14-/m1/s1. The molecule has 0 saturated carbocycles.